The zero-order chi connectivity index (χ0) is 13.1. The minimum atomic E-state index is -0.263. The van der Waals surface area contributed by atoms with Crippen molar-refractivity contribution in [2.75, 3.05) is 0 Å². The standard InChI is InChI=1S/C13H14BrFN2S/c1-2-9(16)6-13-17-12(7-18-13)10-4-3-8(14)5-11(10)15/h3-5,7,9H,2,6,16H2,1H3. The second-order valence-electron chi connectivity index (χ2n) is 4.12. The van der Waals surface area contributed by atoms with Crippen molar-refractivity contribution < 1.29 is 4.39 Å². The molecule has 0 amide bonds. The predicted octanol–water partition coefficient (Wildman–Crippen LogP) is 3.99. The largest absolute Gasteiger partial charge is 0.327 e. The Labute approximate surface area is 118 Å². The van der Waals surface area contributed by atoms with Gasteiger partial charge in [0.25, 0.3) is 0 Å². The average Bonchev–Trinajstić information content (AvgIpc) is 2.77. The fraction of sp³-hybridized carbons (Fsp3) is 0.308. The first-order chi connectivity index (χ1) is 8.60. The van der Waals surface area contributed by atoms with Crippen molar-refractivity contribution in [1.29, 1.82) is 0 Å². The van der Waals surface area contributed by atoms with Crippen molar-refractivity contribution >= 4 is 27.3 Å². The Morgan fingerprint density at radius 1 is 1.50 bits per heavy atom. The van der Waals surface area contributed by atoms with Crippen LogP contribution in [0.3, 0.4) is 0 Å². The van der Waals surface area contributed by atoms with E-state index in [2.05, 4.69) is 20.9 Å². The van der Waals surface area contributed by atoms with Crippen molar-refractivity contribution in [3.8, 4) is 11.3 Å². The molecule has 1 aromatic carbocycles. The van der Waals surface area contributed by atoms with Gasteiger partial charge in [0.1, 0.15) is 5.82 Å². The van der Waals surface area contributed by atoms with Crippen LogP contribution >= 0.6 is 27.3 Å². The molecule has 96 valence electrons. The van der Waals surface area contributed by atoms with E-state index in [0.29, 0.717) is 11.3 Å². The van der Waals surface area contributed by atoms with E-state index in [-0.39, 0.29) is 11.9 Å². The summed E-state index contributed by atoms with van der Waals surface area (Å²) in [5, 5.41) is 2.84. The molecule has 0 saturated heterocycles. The molecule has 1 unspecified atom stereocenters. The molecule has 2 aromatic rings. The first-order valence-electron chi connectivity index (χ1n) is 5.75. The molecule has 0 aliphatic carbocycles. The monoisotopic (exact) mass is 328 g/mol. The van der Waals surface area contributed by atoms with Crippen molar-refractivity contribution in [2.45, 2.75) is 25.8 Å². The first-order valence-corrected chi connectivity index (χ1v) is 7.42. The van der Waals surface area contributed by atoms with Gasteiger partial charge >= 0.3 is 0 Å². The Morgan fingerprint density at radius 2 is 2.28 bits per heavy atom. The van der Waals surface area contributed by atoms with E-state index in [4.69, 9.17) is 5.73 Å². The van der Waals surface area contributed by atoms with E-state index < -0.39 is 0 Å². The number of aromatic nitrogens is 1. The van der Waals surface area contributed by atoms with Gasteiger partial charge in [-0.1, -0.05) is 22.9 Å². The molecule has 0 spiro atoms. The third-order valence-electron chi connectivity index (χ3n) is 2.72. The summed E-state index contributed by atoms with van der Waals surface area (Å²) in [7, 11) is 0. The molecule has 1 aromatic heterocycles. The normalized spacial score (nSPS) is 12.7. The molecule has 1 atom stereocenters. The van der Waals surface area contributed by atoms with Crippen molar-refractivity contribution in [1.82, 2.24) is 4.98 Å². The minimum absolute atomic E-state index is 0.124. The van der Waals surface area contributed by atoms with Crippen LogP contribution in [0.5, 0.6) is 0 Å². The van der Waals surface area contributed by atoms with Gasteiger partial charge in [0.15, 0.2) is 0 Å². The zero-order valence-electron chi connectivity index (χ0n) is 9.99. The number of benzene rings is 1. The van der Waals surface area contributed by atoms with E-state index in [1.165, 1.54) is 17.4 Å². The second kappa shape index (κ2) is 5.91. The van der Waals surface area contributed by atoms with Crippen LogP contribution in [-0.4, -0.2) is 11.0 Å². The number of hydrogen-bond donors (Lipinski definition) is 1. The van der Waals surface area contributed by atoms with Crippen LogP contribution in [-0.2, 0) is 6.42 Å². The molecule has 0 fully saturated rings. The minimum Gasteiger partial charge on any atom is -0.327 e. The fourth-order valence-electron chi connectivity index (χ4n) is 1.59. The van der Waals surface area contributed by atoms with Crippen LogP contribution in [0.1, 0.15) is 18.4 Å². The smallest absolute Gasteiger partial charge is 0.133 e. The fourth-order valence-corrected chi connectivity index (χ4v) is 2.82. The summed E-state index contributed by atoms with van der Waals surface area (Å²) in [6.45, 7) is 2.05. The summed E-state index contributed by atoms with van der Waals surface area (Å²) >= 11 is 4.77. The molecule has 0 bridgehead atoms. The summed E-state index contributed by atoms with van der Waals surface area (Å²) in [4.78, 5) is 4.44. The van der Waals surface area contributed by atoms with Gasteiger partial charge in [-0.2, -0.15) is 0 Å². The lowest BCUT2D eigenvalue weighted by Crippen LogP contribution is -2.21. The summed E-state index contributed by atoms with van der Waals surface area (Å²) in [6.07, 6.45) is 1.67. The summed E-state index contributed by atoms with van der Waals surface area (Å²) in [6, 6.07) is 5.12. The second-order valence-corrected chi connectivity index (χ2v) is 5.98. The quantitative estimate of drug-likeness (QED) is 0.921. The number of thiazole rings is 1. The zero-order valence-corrected chi connectivity index (χ0v) is 12.4. The number of halogens is 2. The lowest BCUT2D eigenvalue weighted by molar-refractivity contribution is 0.629. The van der Waals surface area contributed by atoms with Crippen LogP contribution in [0, 0.1) is 5.82 Å². The van der Waals surface area contributed by atoms with Gasteiger partial charge in [0.05, 0.1) is 10.7 Å². The number of nitrogens with zero attached hydrogens (tertiary/aromatic N) is 1. The summed E-state index contributed by atoms with van der Waals surface area (Å²) in [5.74, 6) is -0.263. The maximum atomic E-state index is 13.8. The lowest BCUT2D eigenvalue weighted by Gasteiger charge is -2.04. The Bertz CT molecular complexity index is 542. The molecule has 2 N–H and O–H groups in total. The highest BCUT2D eigenvalue weighted by molar-refractivity contribution is 9.10. The van der Waals surface area contributed by atoms with Gasteiger partial charge < -0.3 is 5.73 Å². The maximum absolute atomic E-state index is 13.8. The molecule has 0 aliphatic rings. The van der Waals surface area contributed by atoms with Gasteiger partial charge in [-0.15, -0.1) is 11.3 Å². The van der Waals surface area contributed by atoms with Crippen LogP contribution in [0.15, 0.2) is 28.1 Å². The Kier molecular flexibility index (Phi) is 4.48. The Balaban J connectivity index is 2.24. The SMILES string of the molecule is CCC(N)Cc1nc(-c2ccc(Br)cc2F)cs1. The van der Waals surface area contributed by atoms with Crippen molar-refractivity contribution in [2.24, 2.45) is 5.73 Å². The van der Waals surface area contributed by atoms with Crippen LogP contribution in [0.4, 0.5) is 4.39 Å². The molecule has 0 aliphatic heterocycles. The van der Waals surface area contributed by atoms with E-state index in [1.54, 1.807) is 6.07 Å². The van der Waals surface area contributed by atoms with Gasteiger partial charge in [-0.05, 0) is 24.6 Å². The highest BCUT2D eigenvalue weighted by Crippen LogP contribution is 2.27. The molecule has 1 heterocycles. The Hall–Kier alpha value is -0.780. The van der Waals surface area contributed by atoms with E-state index in [0.717, 1.165) is 22.3 Å². The van der Waals surface area contributed by atoms with E-state index in [1.807, 2.05) is 18.4 Å². The molecule has 0 saturated carbocycles. The van der Waals surface area contributed by atoms with Crippen molar-refractivity contribution in [3.05, 3.63) is 38.9 Å². The maximum Gasteiger partial charge on any atom is 0.133 e. The van der Waals surface area contributed by atoms with Gasteiger partial charge in [-0.3, -0.25) is 0 Å². The highest BCUT2D eigenvalue weighted by atomic mass is 79.9. The number of nitrogens with two attached hydrogens (primary N) is 1. The number of rotatable bonds is 4. The molecule has 18 heavy (non-hydrogen) atoms. The lowest BCUT2D eigenvalue weighted by atomic mass is 10.1. The summed E-state index contributed by atoms with van der Waals surface area (Å²) in [5.41, 5.74) is 7.11. The third kappa shape index (κ3) is 3.16. The van der Waals surface area contributed by atoms with Crippen LogP contribution < -0.4 is 5.73 Å². The first kappa shape index (κ1) is 13.6. The van der Waals surface area contributed by atoms with Crippen molar-refractivity contribution in [3.63, 3.8) is 0 Å². The third-order valence-corrected chi connectivity index (χ3v) is 4.08. The van der Waals surface area contributed by atoms with E-state index in [9.17, 15) is 4.39 Å². The molecular formula is C13H14BrFN2S. The van der Waals surface area contributed by atoms with Gasteiger partial charge in [-0.25, -0.2) is 9.37 Å². The van der Waals surface area contributed by atoms with Crippen LogP contribution in [0.2, 0.25) is 0 Å². The van der Waals surface area contributed by atoms with Gasteiger partial charge in [0, 0.05) is 27.9 Å². The molecule has 2 rings (SSSR count). The molecular weight excluding hydrogens is 315 g/mol. The molecule has 2 nitrogen and oxygen atoms in total. The summed E-state index contributed by atoms with van der Waals surface area (Å²) < 4.78 is 14.5. The van der Waals surface area contributed by atoms with E-state index >= 15 is 0 Å². The Morgan fingerprint density at radius 3 is 2.94 bits per heavy atom. The average molecular weight is 329 g/mol. The van der Waals surface area contributed by atoms with Gasteiger partial charge in [0.2, 0.25) is 0 Å². The molecule has 0 radical (unpaired) electrons. The molecule has 5 heteroatoms. The predicted molar refractivity (Wildman–Crippen MR) is 77.2 cm³/mol. The topological polar surface area (TPSA) is 38.9 Å². The highest BCUT2D eigenvalue weighted by Gasteiger charge is 2.11. The number of hydrogen-bond acceptors (Lipinski definition) is 3. The van der Waals surface area contributed by atoms with Crippen LogP contribution in [0.25, 0.3) is 11.3 Å².